The summed E-state index contributed by atoms with van der Waals surface area (Å²) in [7, 11) is 0. The number of nitrogens with zero attached hydrogens (tertiary/aromatic N) is 2. The maximum absolute atomic E-state index is 10.4. The van der Waals surface area contributed by atoms with E-state index in [1.54, 1.807) is 18.3 Å². The first kappa shape index (κ1) is 11.1. The third-order valence-corrected chi connectivity index (χ3v) is 2.22. The lowest BCUT2D eigenvalue weighted by Gasteiger charge is -1.97. The highest BCUT2D eigenvalue weighted by Crippen LogP contribution is 2.20. The second kappa shape index (κ2) is 4.61. The van der Waals surface area contributed by atoms with E-state index >= 15 is 0 Å². The van der Waals surface area contributed by atoms with Crippen LogP contribution in [0, 0.1) is 10.1 Å². The Labute approximate surface area is 97.6 Å². The standard InChI is InChI=1S/C12H10N2O3/c1-9(11-4-2-3-7-13-11)8-10-5-6-12(17-10)14(15)16/h2-8H,1H3/b9-8+. The van der Waals surface area contributed by atoms with Crippen LogP contribution in [-0.4, -0.2) is 9.91 Å². The zero-order valence-corrected chi connectivity index (χ0v) is 9.16. The Morgan fingerprint density at radius 1 is 1.41 bits per heavy atom. The van der Waals surface area contributed by atoms with E-state index in [0.717, 1.165) is 11.3 Å². The fraction of sp³-hybridized carbons (Fsp3) is 0.0833. The second-order valence-electron chi connectivity index (χ2n) is 3.48. The molecule has 0 saturated heterocycles. The van der Waals surface area contributed by atoms with Gasteiger partial charge in [-0.05, 0) is 36.8 Å². The summed E-state index contributed by atoms with van der Waals surface area (Å²) in [4.78, 5) is 14.1. The van der Waals surface area contributed by atoms with E-state index in [1.165, 1.54) is 6.07 Å². The molecule has 0 spiro atoms. The molecule has 2 rings (SSSR count). The molecule has 0 amide bonds. The molecule has 0 unspecified atom stereocenters. The van der Waals surface area contributed by atoms with Crippen LogP contribution in [0.3, 0.4) is 0 Å². The Morgan fingerprint density at radius 3 is 2.82 bits per heavy atom. The first-order valence-corrected chi connectivity index (χ1v) is 5.01. The highest BCUT2D eigenvalue weighted by atomic mass is 16.6. The van der Waals surface area contributed by atoms with Crippen LogP contribution in [-0.2, 0) is 0 Å². The van der Waals surface area contributed by atoms with Crippen LogP contribution in [0.5, 0.6) is 0 Å². The number of allylic oxidation sites excluding steroid dienone is 1. The number of hydrogen-bond donors (Lipinski definition) is 0. The SMILES string of the molecule is C/C(=C\c1ccc([N+](=O)[O-])o1)c1ccccn1. The minimum Gasteiger partial charge on any atom is -0.401 e. The van der Waals surface area contributed by atoms with Gasteiger partial charge >= 0.3 is 5.88 Å². The van der Waals surface area contributed by atoms with Gasteiger partial charge in [-0.15, -0.1) is 0 Å². The summed E-state index contributed by atoms with van der Waals surface area (Å²) in [5.41, 5.74) is 1.70. The summed E-state index contributed by atoms with van der Waals surface area (Å²) in [5.74, 6) is 0.185. The fourth-order valence-electron chi connectivity index (χ4n) is 1.40. The van der Waals surface area contributed by atoms with Gasteiger partial charge in [-0.25, -0.2) is 0 Å². The second-order valence-corrected chi connectivity index (χ2v) is 3.48. The van der Waals surface area contributed by atoms with Gasteiger partial charge in [0.25, 0.3) is 0 Å². The van der Waals surface area contributed by atoms with Gasteiger partial charge in [0.1, 0.15) is 10.7 Å². The number of hydrogen-bond acceptors (Lipinski definition) is 4. The maximum Gasteiger partial charge on any atom is 0.433 e. The van der Waals surface area contributed by atoms with Gasteiger partial charge in [0.15, 0.2) is 0 Å². The molecule has 86 valence electrons. The van der Waals surface area contributed by atoms with Crippen molar-refractivity contribution in [2.75, 3.05) is 0 Å². The predicted molar refractivity (Wildman–Crippen MR) is 63.1 cm³/mol. The van der Waals surface area contributed by atoms with Crippen LogP contribution < -0.4 is 0 Å². The lowest BCUT2D eigenvalue weighted by atomic mass is 10.2. The van der Waals surface area contributed by atoms with E-state index in [4.69, 9.17) is 4.42 Å². The molecule has 0 bridgehead atoms. The van der Waals surface area contributed by atoms with Crippen molar-refractivity contribution >= 4 is 17.5 Å². The summed E-state index contributed by atoms with van der Waals surface area (Å²) < 4.78 is 5.03. The molecule has 2 heterocycles. The van der Waals surface area contributed by atoms with Crippen molar-refractivity contribution in [3.8, 4) is 0 Å². The van der Waals surface area contributed by atoms with Crippen molar-refractivity contribution in [3.05, 3.63) is 58.1 Å². The van der Waals surface area contributed by atoms with Gasteiger partial charge in [-0.1, -0.05) is 6.07 Å². The van der Waals surface area contributed by atoms with Gasteiger partial charge in [-0.3, -0.25) is 15.1 Å². The van der Waals surface area contributed by atoms with Crippen LogP contribution in [0.2, 0.25) is 0 Å². The third kappa shape index (κ3) is 2.57. The summed E-state index contributed by atoms with van der Waals surface area (Å²) >= 11 is 0. The summed E-state index contributed by atoms with van der Waals surface area (Å²) in [5, 5.41) is 10.4. The molecule has 0 N–H and O–H groups in total. The topological polar surface area (TPSA) is 69.2 Å². The molecule has 0 aliphatic heterocycles. The van der Waals surface area contributed by atoms with Gasteiger partial charge in [0.2, 0.25) is 0 Å². The molecule has 5 nitrogen and oxygen atoms in total. The van der Waals surface area contributed by atoms with Crippen molar-refractivity contribution in [3.63, 3.8) is 0 Å². The van der Waals surface area contributed by atoms with Crippen LogP contribution in [0.15, 0.2) is 40.9 Å². The zero-order valence-electron chi connectivity index (χ0n) is 9.16. The van der Waals surface area contributed by atoms with E-state index in [9.17, 15) is 10.1 Å². The minimum absolute atomic E-state index is 0.259. The molecule has 17 heavy (non-hydrogen) atoms. The summed E-state index contributed by atoms with van der Waals surface area (Å²) in [6.45, 7) is 1.87. The molecule has 2 aromatic rings. The van der Waals surface area contributed by atoms with E-state index in [-0.39, 0.29) is 5.88 Å². The molecule has 0 radical (unpaired) electrons. The van der Waals surface area contributed by atoms with Gasteiger partial charge in [-0.2, -0.15) is 0 Å². The monoisotopic (exact) mass is 230 g/mol. The molecule has 2 aromatic heterocycles. The normalized spacial score (nSPS) is 11.5. The van der Waals surface area contributed by atoms with Crippen molar-refractivity contribution in [1.82, 2.24) is 4.98 Å². The van der Waals surface area contributed by atoms with Crippen LogP contribution in [0.1, 0.15) is 18.4 Å². The number of aromatic nitrogens is 1. The van der Waals surface area contributed by atoms with Crippen molar-refractivity contribution in [2.45, 2.75) is 6.92 Å². The third-order valence-electron chi connectivity index (χ3n) is 2.22. The number of pyridine rings is 1. The lowest BCUT2D eigenvalue weighted by molar-refractivity contribution is -0.402. The molecule has 0 fully saturated rings. The molecule has 0 atom stereocenters. The van der Waals surface area contributed by atoms with Crippen LogP contribution in [0.4, 0.5) is 5.88 Å². The number of furan rings is 1. The van der Waals surface area contributed by atoms with Crippen molar-refractivity contribution in [1.29, 1.82) is 0 Å². The molecular formula is C12H10N2O3. The Hall–Kier alpha value is -2.43. The summed E-state index contributed by atoms with van der Waals surface area (Å²) in [6, 6.07) is 8.46. The van der Waals surface area contributed by atoms with Crippen LogP contribution >= 0.6 is 0 Å². The van der Waals surface area contributed by atoms with Gasteiger partial charge in [0.05, 0.1) is 11.8 Å². The maximum atomic E-state index is 10.4. The summed E-state index contributed by atoms with van der Waals surface area (Å²) in [6.07, 6.45) is 3.41. The smallest absolute Gasteiger partial charge is 0.401 e. The highest BCUT2D eigenvalue weighted by Gasteiger charge is 2.10. The predicted octanol–water partition coefficient (Wildman–Crippen LogP) is 3.14. The van der Waals surface area contributed by atoms with Gasteiger partial charge in [0, 0.05) is 6.20 Å². The molecule has 0 aliphatic rings. The number of nitro groups is 1. The average molecular weight is 230 g/mol. The van der Waals surface area contributed by atoms with Crippen molar-refractivity contribution < 1.29 is 9.34 Å². The van der Waals surface area contributed by atoms with Crippen LogP contribution in [0.25, 0.3) is 11.6 Å². The first-order chi connectivity index (χ1) is 8.16. The molecule has 5 heteroatoms. The van der Waals surface area contributed by atoms with Crippen molar-refractivity contribution in [2.24, 2.45) is 0 Å². The Kier molecular flexibility index (Phi) is 3.00. The Bertz CT molecular complexity index is 558. The average Bonchev–Trinajstić information content (AvgIpc) is 2.79. The number of rotatable bonds is 3. The fourth-order valence-corrected chi connectivity index (χ4v) is 1.40. The lowest BCUT2D eigenvalue weighted by Crippen LogP contribution is -1.84. The molecule has 0 aromatic carbocycles. The van der Waals surface area contributed by atoms with E-state index in [1.807, 2.05) is 25.1 Å². The Morgan fingerprint density at radius 2 is 2.24 bits per heavy atom. The first-order valence-electron chi connectivity index (χ1n) is 5.01. The van der Waals surface area contributed by atoms with E-state index < -0.39 is 4.92 Å². The molecular weight excluding hydrogens is 220 g/mol. The quantitative estimate of drug-likeness (QED) is 0.600. The molecule has 0 saturated carbocycles. The van der Waals surface area contributed by atoms with E-state index in [0.29, 0.717) is 5.76 Å². The minimum atomic E-state index is -0.562. The zero-order chi connectivity index (χ0) is 12.3. The van der Waals surface area contributed by atoms with E-state index in [2.05, 4.69) is 4.98 Å². The largest absolute Gasteiger partial charge is 0.433 e. The van der Waals surface area contributed by atoms with Gasteiger partial charge < -0.3 is 4.42 Å². The highest BCUT2D eigenvalue weighted by molar-refractivity contribution is 5.77. The Balaban J connectivity index is 2.27. The molecule has 0 aliphatic carbocycles.